The predicted molar refractivity (Wildman–Crippen MR) is 149 cm³/mol. The zero-order chi connectivity index (χ0) is 29.3. The number of hydrogen-bond acceptors (Lipinski definition) is 9. The molecule has 1 aliphatic rings. The van der Waals surface area contributed by atoms with E-state index in [-0.39, 0.29) is 30.6 Å². The van der Waals surface area contributed by atoms with Crippen LogP contribution in [0.25, 0.3) is 11.2 Å². The van der Waals surface area contributed by atoms with Crippen LogP contribution in [0.5, 0.6) is 0 Å². The first kappa shape index (κ1) is 31.2. The van der Waals surface area contributed by atoms with Gasteiger partial charge >= 0.3 is 12.1 Å². The first-order valence-corrected chi connectivity index (χ1v) is 13.9. The smallest absolute Gasteiger partial charge is 0.407 e. The Balaban J connectivity index is 1.47. The molecule has 2 aromatic rings. The number of likely N-dealkylation sites (N-methyl/N-ethyl adjacent to an activating group) is 1. The van der Waals surface area contributed by atoms with Crippen LogP contribution in [0.4, 0.5) is 10.6 Å². The Morgan fingerprint density at radius 1 is 1.15 bits per heavy atom. The van der Waals surface area contributed by atoms with Gasteiger partial charge in [-0.2, -0.15) is 0 Å². The van der Waals surface area contributed by atoms with E-state index in [1.807, 2.05) is 32.4 Å². The van der Waals surface area contributed by atoms with Crippen LogP contribution in [0, 0.1) is 5.92 Å². The monoisotopic (exact) mass is 561 g/mol. The molecule has 1 unspecified atom stereocenters. The van der Waals surface area contributed by atoms with Gasteiger partial charge in [-0.1, -0.05) is 13.3 Å². The fourth-order valence-corrected chi connectivity index (χ4v) is 4.73. The maximum atomic E-state index is 12.6. The number of imidazole rings is 1. The number of carbonyl (C=O) groups is 3. The summed E-state index contributed by atoms with van der Waals surface area (Å²) in [4.78, 5) is 50.2. The predicted octanol–water partition coefficient (Wildman–Crippen LogP) is 3.57. The molecule has 2 amide bonds. The molecule has 2 aromatic heterocycles. The van der Waals surface area contributed by atoms with E-state index in [0.29, 0.717) is 55.9 Å². The van der Waals surface area contributed by atoms with Crippen molar-refractivity contribution in [3.05, 3.63) is 12.7 Å². The standard InChI is InChI=1S/C27H43N7O6/c1-18-14-19(15-33(5)13-9-11-21(36)37)39-25(18)34-17-31-22-23(29-16-30-24(22)34)32-20(35)10-7-6-8-12-28-26(38)40-27(2,3)4/h16-19,25H,6-15H2,1-5H3,(H,28,38)(H,36,37)(H,29,30,32,35)/t18?,19-,25+/m0/s1. The van der Waals surface area contributed by atoms with Crippen molar-refractivity contribution >= 4 is 35.0 Å². The summed E-state index contributed by atoms with van der Waals surface area (Å²) in [5, 5.41) is 14.4. The zero-order valence-corrected chi connectivity index (χ0v) is 24.2. The van der Waals surface area contributed by atoms with Gasteiger partial charge in [0.25, 0.3) is 0 Å². The van der Waals surface area contributed by atoms with Crippen molar-refractivity contribution in [2.75, 3.05) is 32.0 Å². The lowest BCUT2D eigenvalue weighted by Crippen LogP contribution is -2.33. The van der Waals surface area contributed by atoms with Crippen LogP contribution in [-0.2, 0) is 19.1 Å². The minimum absolute atomic E-state index is 0.00706. The number of nitrogens with zero attached hydrogens (tertiary/aromatic N) is 5. The molecule has 1 aliphatic heterocycles. The van der Waals surface area contributed by atoms with Gasteiger partial charge in [-0.15, -0.1) is 0 Å². The third-order valence-corrected chi connectivity index (χ3v) is 6.54. The molecule has 13 heteroatoms. The van der Waals surface area contributed by atoms with Crippen LogP contribution in [-0.4, -0.2) is 85.9 Å². The van der Waals surface area contributed by atoms with E-state index in [2.05, 4.69) is 37.4 Å². The Kier molecular flexibility index (Phi) is 11.2. The summed E-state index contributed by atoms with van der Waals surface area (Å²) in [6, 6.07) is 0. The van der Waals surface area contributed by atoms with Gasteiger partial charge in [-0.25, -0.2) is 19.7 Å². The summed E-state index contributed by atoms with van der Waals surface area (Å²) in [5.74, 6) is -0.368. The summed E-state index contributed by atoms with van der Waals surface area (Å²) < 4.78 is 13.4. The third kappa shape index (κ3) is 9.70. The van der Waals surface area contributed by atoms with Gasteiger partial charge < -0.3 is 30.1 Å². The number of alkyl carbamates (subject to hydrolysis) is 1. The molecular formula is C27H43N7O6. The van der Waals surface area contributed by atoms with Crippen LogP contribution >= 0.6 is 0 Å². The second kappa shape index (κ2) is 14.4. The van der Waals surface area contributed by atoms with Crippen molar-refractivity contribution in [2.24, 2.45) is 5.92 Å². The van der Waals surface area contributed by atoms with Crippen LogP contribution in [0.3, 0.4) is 0 Å². The Labute approximate surface area is 235 Å². The van der Waals surface area contributed by atoms with Crippen LogP contribution in [0.2, 0.25) is 0 Å². The van der Waals surface area contributed by atoms with Gasteiger partial charge in [0.15, 0.2) is 17.0 Å². The number of aromatic nitrogens is 4. The minimum Gasteiger partial charge on any atom is -0.481 e. The molecule has 0 saturated carbocycles. The van der Waals surface area contributed by atoms with Crippen molar-refractivity contribution in [2.45, 2.75) is 90.6 Å². The highest BCUT2D eigenvalue weighted by atomic mass is 16.6. The normalized spacial score (nSPS) is 19.2. The molecule has 3 atom stereocenters. The Bertz CT molecular complexity index is 1150. The minimum atomic E-state index is -0.784. The fraction of sp³-hybridized carbons (Fsp3) is 0.704. The van der Waals surface area contributed by atoms with Crippen LogP contribution in [0.1, 0.15) is 78.9 Å². The molecule has 3 rings (SSSR count). The number of aliphatic carboxylic acids is 1. The van der Waals surface area contributed by atoms with Gasteiger partial charge in [0.1, 0.15) is 18.2 Å². The second-order valence-electron chi connectivity index (χ2n) is 11.5. The van der Waals surface area contributed by atoms with Crippen molar-refractivity contribution in [3.63, 3.8) is 0 Å². The molecule has 3 heterocycles. The average Bonchev–Trinajstić information content (AvgIpc) is 3.43. The van der Waals surface area contributed by atoms with E-state index in [1.54, 1.807) is 6.33 Å². The summed E-state index contributed by atoms with van der Waals surface area (Å²) in [5.41, 5.74) is 0.561. The van der Waals surface area contributed by atoms with Gasteiger partial charge in [0.05, 0.1) is 12.4 Å². The van der Waals surface area contributed by atoms with E-state index < -0.39 is 17.7 Å². The second-order valence-corrected chi connectivity index (χ2v) is 11.5. The van der Waals surface area contributed by atoms with Crippen molar-refractivity contribution in [1.82, 2.24) is 29.7 Å². The molecule has 40 heavy (non-hydrogen) atoms. The molecule has 13 nitrogen and oxygen atoms in total. The molecule has 3 N–H and O–H groups in total. The summed E-state index contributed by atoms with van der Waals surface area (Å²) >= 11 is 0. The van der Waals surface area contributed by atoms with E-state index in [9.17, 15) is 14.4 Å². The largest absolute Gasteiger partial charge is 0.481 e. The number of rotatable bonds is 14. The van der Waals surface area contributed by atoms with Crippen LogP contribution in [0.15, 0.2) is 12.7 Å². The molecule has 1 saturated heterocycles. The van der Waals surface area contributed by atoms with E-state index in [0.717, 1.165) is 19.3 Å². The number of amides is 2. The SMILES string of the molecule is CC1C[C@@H](CN(C)CCCC(=O)O)O[C@H]1n1cnc2c(NC(=O)CCCCCNC(=O)OC(C)(C)C)ncnc21. The van der Waals surface area contributed by atoms with Crippen molar-refractivity contribution < 1.29 is 29.0 Å². The summed E-state index contributed by atoms with van der Waals surface area (Å²) in [6.45, 7) is 9.46. The first-order valence-electron chi connectivity index (χ1n) is 13.9. The van der Waals surface area contributed by atoms with Crippen LogP contribution < -0.4 is 10.6 Å². The molecule has 222 valence electrons. The topological polar surface area (TPSA) is 161 Å². The van der Waals surface area contributed by atoms with Crippen molar-refractivity contribution in [3.8, 4) is 0 Å². The molecule has 0 radical (unpaired) electrons. The fourth-order valence-electron chi connectivity index (χ4n) is 4.73. The Morgan fingerprint density at radius 2 is 1.93 bits per heavy atom. The lowest BCUT2D eigenvalue weighted by molar-refractivity contribution is -0.137. The molecule has 1 fully saturated rings. The van der Waals surface area contributed by atoms with Gasteiger partial charge in [0, 0.05) is 31.8 Å². The van der Waals surface area contributed by atoms with Gasteiger partial charge in [-0.05, 0) is 60.0 Å². The third-order valence-electron chi connectivity index (χ3n) is 6.54. The number of anilines is 1. The Morgan fingerprint density at radius 3 is 2.65 bits per heavy atom. The summed E-state index contributed by atoms with van der Waals surface area (Å²) in [6.07, 6.45) is 6.52. The first-order chi connectivity index (χ1) is 18.9. The highest BCUT2D eigenvalue weighted by Crippen LogP contribution is 2.36. The molecule has 0 aliphatic carbocycles. The van der Waals surface area contributed by atoms with E-state index in [1.165, 1.54) is 6.33 Å². The highest BCUT2D eigenvalue weighted by Gasteiger charge is 2.35. The molecule has 0 spiro atoms. The maximum absolute atomic E-state index is 12.6. The number of fused-ring (bicyclic) bond motifs is 1. The van der Waals surface area contributed by atoms with Gasteiger partial charge in [-0.3, -0.25) is 14.2 Å². The summed E-state index contributed by atoms with van der Waals surface area (Å²) in [7, 11) is 1.97. The van der Waals surface area contributed by atoms with E-state index >= 15 is 0 Å². The lowest BCUT2D eigenvalue weighted by atomic mass is 10.1. The lowest BCUT2D eigenvalue weighted by Gasteiger charge is -2.21. The highest BCUT2D eigenvalue weighted by molar-refractivity contribution is 5.96. The number of unbranched alkanes of at least 4 members (excludes halogenated alkanes) is 2. The Hall–Kier alpha value is -3.32. The quantitative estimate of drug-likeness (QED) is 0.291. The number of carboxylic acid groups (broad SMARTS) is 1. The number of carboxylic acids is 1. The number of nitrogens with one attached hydrogen (secondary N) is 2. The average molecular weight is 562 g/mol. The number of hydrogen-bond donors (Lipinski definition) is 3. The molecular weight excluding hydrogens is 518 g/mol. The van der Waals surface area contributed by atoms with Gasteiger partial charge in [0.2, 0.25) is 5.91 Å². The molecule has 0 aromatic carbocycles. The van der Waals surface area contributed by atoms with Crippen molar-refractivity contribution in [1.29, 1.82) is 0 Å². The number of ether oxygens (including phenoxy) is 2. The zero-order valence-electron chi connectivity index (χ0n) is 24.2. The van der Waals surface area contributed by atoms with E-state index in [4.69, 9.17) is 14.6 Å². The molecule has 0 bridgehead atoms. The number of carbonyl (C=O) groups excluding carboxylic acids is 2. The maximum Gasteiger partial charge on any atom is 0.407 e.